The highest BCUT2D eigenvalue weighted by atomic mass is 16.5. The molecule has 72 valence electrons. The second kappa shape index (κ2) is 4.68. The van der Waals surface area contributed by atoms with Crippen molar-refractivity contribution in [3.8, 4) is 12.3 Å². The number of terminal acetylenes is 1. The Hall–Kier alpha value is -1.27. The van der Waals surface area contributed by atoms with E-state index in [1.165, 1.54) is 7.11 Å². The average Bonchev–Trinajstić information content (AvgIpc) is 2.01. The number of likely N-dealkylation sites (N-methyl/N-ethyl adjacent to an activating group) is 1. The van der Waals surface area contributed by atoms with Gasteiger partial charge in [-0.3, -0.25) is 0 Å². The highest BCUT2D eigenvalue weighted by molar-refractivity contribution is 5.87. The normalized spacial score (nSPS) is 10.3. The number of carbonyl (C=O) groups is 1. The van der Waals surface area contributed by atoms with Gasteiger partial charge >= 0.3 is 5.97 Å². The number of ether oxygens (including phenoxy) is 1. The molecule has 0 amide bonds. The number of methoxy groups -OCH3 is 1. The molecular weight excluding hydrogens is 166 g/mol. The van der Waals surface area contributed by atoms with Gasteiger partial charge in [0.2, 0.25) is 0 Å². The fraction of sp³-hybridized carbons (Fsp3) is 0.500. The van der Waals surface area contributed by atoms with Gasteiger partial charge < -0.3 is 9.22 Å². The number of esters is 1. The lowest BCUT2D eigenvalue weighted by Crippen LogP contribution is -2.42. The summed E-state index contributed by atoms with van der Waals surface area (Å²) >= 11 is 0. The predicted molar refractivity (Wildman–Crippen MR) is 51.8 cm³/mol. The van der Waals surface area contributed by atoms with E-state index < -0.39 is 0 Å². The summed E-state index contributed by atoms with van der Waals surface area (Å²) in [5.41, 5.74) is 0.447. The molecule has 0 aliphatic rings. The van der Waals surface area contributed by atoms with E-state index in [9.17, 15) is 4.79 Å². The molecule has 3 nitrogen and oxygen atoms in total. The molecule has 0 saturated carbocycles. The maximum atomic E-state index is 11.0. The van der Waals surface area contributed by atoms with E-state index in [4.69, 9.17) is 6.42 Å². The van der Waals surface area contributed by atoms with Gasteiger partial charge in [-0.2, -0.15) is 0 Å². The van der Waals surface area contributed by atoms with E-state index in [0.29, 0.717) is 23.1 Å². The van der Waals surface area contributed by atoms with Crippen LogP contribution in [0.15, 0.2) is 12.2 Å². The van der Waals surface area contributed by atoms with E-state index in [1.807, 2.05) is 14.1 Å². The molecule has 0 aromatic heterocycles. The van der Waals surface area contributed by atoms with Crippen LogP contribution in [0.25, 0.3) is 0 Å². The second-order valence-electron chi connectivity index (χ2n) is 3.55. The van der Waals surface area contributed by atoms with Crippen LogP contribution in [0.2, 0.25) is 0 Å². The largest absolute Gasteiger partial charge is 0.466 e. The third kappa shape index (κ3) is 4.34. The van der Waals surface area contributed by atoms with Gasteiger partial charge in [0, 0.05) is 0 Å². The molecule has 0 aromatic carbocycles. The molecule has 0 unspecified atom stereocenters. The number of nitrogens with zero attached hydrogens (tertiary/aromatic N) is 1. The van der Waals surface area contributed by atoms with Crippen LogP contribution in [-0.4, -0.2) is 44.7 Å². The first-order chi connectivity index (χ1) is 5.93. The number of rotatable bonds is 4. The second-order valence-corrected chi connectivity index (χ2v) is 3.55. The van der Waals surface area contributed by atoms with Crippen LogP contribution in [0, 0.1) is 12.3 Å². The zero-order valence-corrected chi connectivity index (χ0v) is 8.46. The van der Waals surface area contributed by atoms with Gasteiger partial charge in [0.15, 0.2) is 0 Å². The molecule has 0 N–H and O–H groups in total. The number of quaternary nitrogens is 1. The van der Waals surface area contributed by atoms with Gasteiger partial charge in [0.25, 0.3) is 0 Å². The summed E-state index contributed by atoms with van der Waals surface area (Å²) in [6.45, 7) is 4.71. The van der Waals surface area contributed by atoms with Gasteiger partial charge in [-0.15, -0.1) is 6.42 Å². The van der Waals surface area contributed by atoms with Gasteiger partial charge in [0.05, 0.1) is 26.8 Å². The molecule has 0 fully saturated rings. The molecule has 0 heterocycles. The third-order valence-corrected chi connectivity index (χ3v) is 1.61. The minimum absolute atomic E-state index is 0.372. The number of carbonyl (C=O) groups excluding carboxylic acids is 1. The molecule has 0 aliphatic heterocycles. The summed E-state index contributed by atoms with van der Waals surface area (Å²) in [6, 6.07) is 0. The maximum absolute atomic E-state index is 11.0. The van der Waals surface area contributed by atoms with Crippen LogP contribution < -0.4 is 0 Å². The molecule has 0 aromatic rings. The molecule has 0 radical (unpaired) electrons. The molecule has 0 spiro atoms. The lowest BCUT2D eigenvalue weighted by molar-refractivity contribution is -0.878. The van der Waals surface area contributed by atoms with Gasteiger partial charge in [-0.05, 0) is 5.92 Å². The van der Waals surface area contributed by atoms with Crippen molar-refractivity contribution in [1.29, 1.82) is 0 Å². The first-order valence-electron chi connectivity index (χ1n) is 3.94. The first kappa shape index (κ1) is 11.7. The lowest BCUT2D eigenvalue weighted by atomic mass is 10.2. The van der Waals surface area contributed by atoms with Crippen LogP contribution in [0.1, 0.15) is 0 Å². The summed E-state index contributed by atoms with van der Waals surface area (Å²) in [5.74, 6) is 2.18. The van der Waals surface area contributed by atoms with Crippen LogP contribution in [0.4, 0.5) is 0 Å². The van der Waals surface area contributed by atoms with Gasteiger partial charge in [0.1, 0.15) is 13.1 Å². The Labute approximate surface area is 79.6 Å². The smallest absolute Gasteiger partial charge is 0.338 e. The Morgan fingerprint density at radius 1 is 1.62 bits per heavy atom. The molecule has 3 heteroatoms. The molecule has 0 bridgehead atoms. The standard InChI is InChI=1S/C10H16NO2/c1-6-7-11(3,4)8-9(2)10(12)13-5/h1H,2,7-8H2,3-5H3/q+1. The molecule has 0 saturated heterocycles. The molecule has 0 aliphatic carbocycles. The van der Waals surface area contributed by atoms with Crippen molar-refractivity contribution in [2.24, 2.45) is 0 Å². The highest BCUT2D eigenvalue weighted by Crippen LogP contribution is 2.03. The zero-order chi connectivity index (χ0) is 10.5. The van der Waals surface area contributed by atoms with Crippen molar-refractivity contribution in [3.63, 3.8) is 0 Å². The molecule has 0 rings (SSSR count). The van der Waals surface area contributed by atoms with Gasteiger partial charge in [-0.25, -0.2) is 4.79 Å². The van der Waals surface area contributed by atoms with E-state index in [-0.39, 0.29) is 5.97 Å². The van der Waals surface area contributed by atoms with Gasteiger partial charge in [-0.1, -0.05) is 6.58 Å². The van der Waals surface area contributed by atoms with Crippen molar-refractivity contribution in [2.45, 2.75) is 0 Å². The summed E-state index contributed by atoms with van der Waals surface area (Å²) in [5, 5.41) is 0. The summed E-state index contributed by atoms with van der Waals surface area (Å²) < 4.78 is 5.08. The Morgan fingerprint density at radius 3 is 2.54 bits per heavy atom. The lowest BCUT2D eigenvalue weighted by Gasteiger charge is -2.27. The fourth-order valence-corrected chi connectivity index (χ4v) is 1.03. The molecule has 13 heavy (non-hydrogen) atoms. The van der Waals surface area contributed by atoms with Crippen molar-refractivity contribution in [1.82, 2.24) is 0 Å². The van der Waals surface area contributed by atoms with Crippen LogP contribution >= 0.6 is 0 Å². The topological polar surface area (TPSA) is 26.3 Å². The SMILES string of the molecule is C#CC[N+](C)(C)CC(=C)C(=O)OC. The average molecular weight is 182 g/mol. The first-order valence-corrected chi connectivity index (χ1v) is 3.94. The van der Waals surface area contributed by atoms with Crippen molar-refractivity contribution in [3.05, 3.63) is 12.2 Å². The Kier molecular flexibility index (Phi) is 4.22. The molecule has 0 atom stereocenters. The predicted octanol–water partition coefficient (Wildman–Crippen LogP) is 0.425. The highest BCUT2D eigenvalue weighted by Gasteiger charge is 2.19. The minimum Gasteiger partial charge on any atom is -0.466 e. The van der Waals surface area contributed by atoms with E-state index in [0.717, 1.165) is 0 Å². The van der Waals surface area contributed by atoms with Crippen LogP contribution in [0.5, 0.6) is 0 Å². The fourth-order valence-electron chi connectivity index (χ4n) is 1.03. The maximum Gasteiger partial charge on any atom is 0.338 e. The summed E-state index contributed by atoms with van der Waals surface area (Å²) in [6.07, 6.45) is 5.19. The Morgan fingerprint density at radius 2 is 2.15 bits per heavy atom. The van der Waals surface area contributed by atoms with Crippen molar-refractivity contribution >= 4 is 5.97 Å². The van der Waals surface area contributed by atoms with Crippen molar-refractivity contribution in [2.75, 3.05) is 34.3 Å². The number of hydrogen-bond acceptors (Lipinski definition) is 2. The Bertz CT molecular complexity index is 248. The van der Waals surface area contributed by atoms with Crippen molar-refractivity contribution < 1.29 is 14.0 Å². The number of hydrogen-bond donors (Lipinski definition) is 0. The Balaban J connectivity index is 4.21. The van der Waals surface area contributed by atoms with E-state index in [2.05, 4.69) is 17.2 Å². The monoisotopic (exact) mass is 182 g/mol. The minimum atomic E-state index is -0.372. The zero-order valence-electron chi connectivity index (χ0n) is 8.46. The summed E-state index contributed by atoms with van der Waals surface area (Å²) in [7, 11) is 5.22. The molecular formula is C10H16NO2+. The van der Waals surface area contributed by atoms with E-state index in [1.54, 1.807) is 0 Å². The van der Waals surface area contributed by atoms with E-state index >= 15 is 0 Å². The summed E-state index contributed by atoms with van der Waals surface area (Å²) in [4.78, 5) is 11.0. The third-order valence-electron chi connectivity index (χ3n) is 1.61. The quantitative estimate of drug-likeness (QED) is 0.273. The van der Waals surface area contributed by atoms with Crippen LogP contribution in [-0.2, 0) is 9.53 Å². The van der Waals surface area contributed by atoms with Crippen LogP contribution in [0.3, 0.4) is 0 Å².